The molecule has 1 aliphatic rings. The number of esters is 1. The third-order valence-corrected chi connectivity index (χ3v) is 2.48. The molecule has 0 radical (unpaired) electrons. The van der Waals surface area contributed by atoms with Crippen LogP contribution in [0, 0.1) is 5.41 Å². The van der Waals surface area contributed by atoms with Crippen LogP contribution < -0.4 is 0 Å². The zero-order valence-corrected chi connectivity index (χ0v) is 9.53. The first-order chi connectivity index (χ1) is 7.58. The van der Waals surface area contributed by atoms with Gasteiger partial charge in [-0.1, -0.05) is 6.58 Å². The van der Waals surface area contributed by atoms with E-state index in [1.807, 2.05) is 6.92 Å². The number of rotatable bonds is 8. The van der Waals surface area contributed by atoms with Crippen molar-refractivity contribution in [2.75, 3.05) is 26.6 Å². The van der Waals surface area contributed by atoms with Gasteiger partial charge in [-0.2, -0.15) is 0 Å². The fraction of sp³-hybridized carbons (Fsp3) is 0.727. The van der Waals surface area contributed by atoms with Crippen LogP contribution in [-0.2, 0) is 19.0 Å². The number of aliphatic hydroxyl groups excluding tert-OH is 1. The Morgan fingerprint density at radius 2 is 2.06 bits per heavy atom. The molecule has 0 aliphatic heterocycles. The van der Waals surface area contributed by atoms with Gasteiger partial charge < -0.3 is 19.3 Å². The highest BCUT2D eigenvalue weighted by molar-refractivity contribution is 5.79. The third-order valence-electron chi connectivity index (χ3n) is 2.48. The van der Waals surface area contributed by atoms with E-state index in [9.17, 15) is 4.79 Å². The average molecular weight is 230 g/mol. The fourth-order valence-corrected chi connectivity index (χ4v) is 0.989. The van der Waals surface area contributed by atoms with Crippen LogP contribution >= 0.6 is 0 Å². The normalized spacial score (nSPS) is 16.6. The summed E-state index contributed by atoms with van der Waals surface area (Å²) >= 11 is 0. The Hall–Kier alpha value is -1.07. The largest absolute Gasteiger partial charge is 0.470 e. The summed E-state index contributed by atoms with van der Waals surface area (Å²) in [6.45, 7) is 5.60. The second kappa shape index (κ2) is 5.86. The van der Waals surface area contributed by atoms with Crippen molar-refractivity contribution in [2.45, 2.75) is 19.8 Å². The van der Waals surface area contributed by atoms with Crippen LogP contribution in [0.1, 0.15) is 19.8 Å². The number of hydrogen-bond acceptors (Lipinski definition) is 5. The first-order valence-electron chi connectivity index (χ1n) is 5.25. The second-order valence-corrected chi connectivity index (χ2v) is 4.06. The molecule has 5 nitrogen and oxygen atoms in total. The summed E-state index contributed by atoms with van der Waals surface area (Å²) in [5.74, 6) is 0.0965. The molecule has 0 saturated heterocycles. The van der Waals surface area contributed by atoms with E-state index in [2.05, 4.69) is 6.58 Å². The van der Waals surface area contributed by atoms with E-state index in [0.29, 0.717) is 0 Å². The highest BCUT2D eigenvalue weighted by atomic mass is 16.7. The summed E-state index contributed by atoms with van der Waals surface area (Å²) < 4.78 is 14.9. The molecule has 0 aromatic rings. The van der Waals surface area contributed by atoms with Crippen molar-refractivity contribution in [3.63, 3.8) is 0 Å². The minimum absolute atomic E-state index is 0.00815. The van der Waals surface area contributed by atoms with E-state index in [1.54, 1.807) is 0 Å². The predicted octanol–water partition coefficient (Wildman–Crippen LogP) is 0.826. The summed E-state index contributed by atoms with van der Waals surface area (Å²) in [5.41, 5.74) is -0.248. The Balaban J connectivity index is 1.92. The first kappa shape index (κ1) is 13.0. The fourth-order valence-electron chi connectivity index (χ4n) is 0.989. The van der Waals surface area contributed by atoms with E-state index in [4.69, 9.17) is 19.3 Å². The van der Waals surface area contributed by atoms with Crippen LogP contribution in [-0.4, -0.2) is 37.7 Å². The van der Waals surface area contributed by atoms with Crippen molar-refractivity contribution in [3.8, 4) is 0 Å². The number of aliphatic hydroxyl groups is 1. The van der Waals surface area contributed by atoms with Crippen LogP contribution in [0.4, 0.5) is 0 Å². The molecule has 1 N–H and O–H groups in total. The maximum absolute atomic E-state index is 11.4. The maximum Gasteiger partial charge on any atom is 0.311 e. The van der Waals surface area contributed by atoms with Gasteiger partial charge in [0.2, 0.25) is 0 Å². The lowest BCUT2D eigenvalue weighted by atomic mass is 10.1. The van der Waals surface area contributed by atoms with Gasteiger partial charge in [0.05, 0.1) is 18.6 Å². The highest BCUT2D eigenvalue weighted by Gasteiger charge is 2.46. The van der Waals surface area contributed by atoms with Gasteiger partial charge in [0, 0.05) is 0 Å². The Bertz CT molecular complexity index is 257. The molecule has 0 atom stereocenters. The standard InChI is InChI=1S/C11H18O5/c1-9(7-12)16-8-14-5-6-15-10(13)11(2)3-4-11/h12H,1,3-8H2,2H3. The molecule has 5 heteroatoms. The van der Waals surface area contributed by atoms with Gasteiger partial charge in [-0.05, 0) is 19.8 Å². The minimum Gasteiger partial charge on any atom is -0.470 e. The summed E-state index contributed by atoms with van der Waals surface area (Å²) in [7, 11) is 0. The minimum atomic E-state index is -0.248. The van der Waals surface area contributed by atoms with Crippen molar-refractivity contribution in [2.24, 2.45) is 5.41 Å². The van der Waals surface area contributed by atoms with Gasteiger partial charge in [-0.15, -0.1) is 0 Å². The van der Waals surface area contributed by atoms with Gasteiger partial charge in [-0.25, -0.2) is 0 Å². The number of hydrogen-bond donors (Lipinski definition) is 1. The molecule has 16 heavy (non-hydrogen) atoms. The zero-order chi connectivity index (χ0) is 12.0. The number of carbonyl (C=O) groups excluding carboxylic acids is 1. The monoisotopic (exact) mass is 230 g/mol. The molecule has 0 aromatic heterocycles. The number of ether oxygens (including phenoxy) is 3. The van der Waals surface area contributed by atoms with Crippen molar-refractivity contribution >= 4 is 5.97 Å². The van der Waals surface area contributed by atoms with E-state index in [0.717, 1.165) is 12.8 Å². The molecular weight excluding hydrogens is 212 g/mol. The highest BCUT2D eigenvalue weighted by Crippen LogP contribution is 2.45. The van der Waals surface area contributed by atoms with Crippen LogP contribution in [0.2, 0.25) is 0 Å². The molecule has 1 fully saturated rings. The molecule has 92 valence electrons. The molecular formula is C11H18O5. The summed E-state index contributed by atoms with van der Waals surface area (Å²) in [5, 5.41) is 8.56. The van der Waals surface area contributed by atoms with Crippen molar-refractivity contribution in [1.82, 2.24) is 0 Å². The molecule has 0 amide bonds. The van der Waals surface area contributed by atoms with E-state index in [-0.39, 0.29) is 43.8 Å². The lowest BCUT2D eigenvalue weighted by Gasteiger charge is -2.10. The molecule has 0 heterocycles. The van der Waals surface area contributed by atoms with Crippen molar-refractivity contribution in [3.05, 3.63) is 12.3 Å². The molecule has 0 aromatic carbocycles. The maximum atomic E-state index is 11.4. The molecule has 0 bridgehead atoms. The topological polar surface area (TPSA) is 65.0 Å². The Labute approximate surface area is 95.0 Å². The second-order valence-electron chi connectivity index (χ2n) is 4.06. The Kier molecular flexibility index (Phi) is 4.76. The number of carbonyl (C=O) groups is 1. The molecule has 1 aliphatic carbocycles. The summed E-state index contributed by atoms with van der Waals surface area (Å²) in [6.07, 6.45) is 1.82. The summed E-state index contributed by atoms with van der Waals surface area (Å²) in [6, 6.07) is 0. The SMILES string of the molecule is C=C(CO)OCOCCOC(=O)C1(C)CC1. The van der Waals surface area contributed by atoms with E-state index < -0.39 is 0 Å². The van der Waals surface area contributed by atoms with Gasteiger partial charge in [0.15, 0.2) is 6.79 Å². The molecule has 0 unspecified atom stereocenters. The molecule has 1 rings (SSSR count). The van der Waals surface area contributed by atoms with Gasteiger partial charge in [-0.3, -0.25) is 4.79 Å². The lowest BCUT2D eigenvalue weighted by molar-refractivity contribution is -0.152. The third kappa shape index (κ3) is 4.20. The average Bonchev–Trinajstić information content (AvgIpc) is 3.02. The van der Waals surface area contributed by atoms with Crippen LogP contribution in [0.5, 0.6) is 0 Å². The van der Waals surface area contributed by atoms with E-state index >= 15 is 0 Å². The zero-order valence-electron chi connectivity index (χ0n) is 9.53. The predicted molar refractivity (Wildman–Crippen MR) is 56.4 cm³/mol. The molecule has 1 saturated carbocycles. The van der Waals surface area contributed by atoms with Crippen LogP contribution in [0.3, 0.4) is 0 Å². The summed E-state index contributed by atoms with van der Waals surface area (Å²) in [4.78, 5) is 11.4. The van der Waals surface area contributed by atoms with Crippen molar-refractivity contribution < 1.29 is 24.1 Å². The van der Waals surface area contributed by atoms with Crippen LogP contribution in [0.25, 0.3) is 0 Å². The Morgan fingerprint density at radius 1 is 1.38 bits per heavy atom. The lowest BCUT2D eigenvalue weighted by Crippen LogP contribution is -2.18. The Morgan fingerprint density at radius 3 is 2.62 bits per heavy atom. The van der Waals surface area contributed by atoms with Gasteiger partial charge in [0.1, 0.15) is 12.4 Å². The van der Waals surface area contributed by atoms with E-state index in [1.165, 1.54) is 0 Å². The smallest absolute Gasteiger partial charge is 0.311 e. The van der Waals surface area contributed by atoms with Crippen molar-refractivity contribution in [1.29, 1.82) is 0 Å². The quantitative estimate of drug-likeness (QED) is 0.289. The van der Waals surface area contributed by atoms with Gasteiger partial charge >= 0.3 is 5.97 Å². The first-order valence-corrected chi connectivity index (χ1v) is 5.25. The molecule has 0 spiro atoms. The van der Waals surface area contributed by atoms with Crippen LogP contribution in [0.15, 0.2) is 12.3 Å². The van der Waals surface area contributed by atoms with Gasteiger partial charge in [0.25, 0.3) is 0 Å².